The molecule has 4 heteroatoms. The van der Waals surface area contributed by atoms with E-state index in [2.05, 4.69) is 38.7 Å². The zero-order chi connectivity index (χ0) is 15.7. The Labute approximate surface area is 126 Å². The van der Waals surface area contributed by atoms with Crippen LogP contribution in [0.15, 0.2) is 12.1 Å². The Morgan fingerprint density at radius 1 is 1.10 bits per heavy atom. The Kier molecular flexibility index (Phi) is 4.16. The summed E-state index contributed by atoms with van der Waals surface area (Å²) < 4.78 is 5.56. The molecule has 0 aliphatic carbocycles. The van der Waals surface area contributed by atoms with Crippen LogP contribution in [-0.2, 0) is 0 Å². The normalized spacial score (nSPS) is 11.0. The molecule has 1 aromatic heterocycles. The van der Waals surface area contributed by atoms with Gasteiger partial charge in [-0.15, -0.1) is 0 Å². The number of nitrogens with two attached hydrogens (primary N) is 1. The minimum Gasteiger partial charge on any atom is -0.496 e. The van der Waals surface area contributed by atoms with Crippen LogP contribution in [0.3, 0.4) is 0 Å². The summed E-state index contributed by atoms with van der Waals surface area (Å²) in [6.45, 7) is 10.2. The Hall–Kier alpha value is -2.10. The fraction of sp³-hybridized carbons (Fsp3) is 0.412. The van der Waals surface area contributed by atoms with Crippen LogP contribution in [0, 0.1) is 20.8 Å². The van der Waals surface area contributed by atoms with E-state index in [0.717, 1.165) is 39.5 Å². The summed E-state index contributed by atoms with van der Waals surface area (Å²) in [7, 11) is 1.68. The van der Waals surface area contributed by atoms with Gasteiger partial charge < -0.3 is 10.5 Å². The maximum absolute atomic E-state index is 6.08. The number of hydrogen-bond acceptors (Lipinski definition) is 4. The first-order chi connectivity index (χ1) is 9.85. The Morgan fingerprint density at radius 2 is 1.76 bits per heavy atom. The van der Waals surface area contributed by atoms with Gasteiger partial charge in [-0.3, -0.25) is 0 Å². The molecule has 0 bridgehead atoms. The van der Waals surface area contributed by atoms with Gasteiger partial charge in [0, 0.05) is 17.0 Å². The molecule has 21 heavy (non-hydrogen) atoms. The van der Waals surface area contributed by atoms with Gasteiger partial charge in [0.15, 0.2) is 0 Å². The number of aryl methyl sites for hydroxylation is 2. The minimum absolute atomic E-state index is 0.225. The van der Waals surface area contributed by atoms with Gasteiger partial charge in [-0.2, -0.15) is 0 Å². The zero-order valence-corrected chi connectivity index (χ0v) is 13.6. The average Bonchev–Trinajstić information content (AvgIpc) is 2.41. The molecule has 112 valence electrons. The molecule has 0 saturated heterocycles. The summed E-state index contributed by atoms with van der Waals surface area (Å²) in [6, 6.07) is 4.15. The number of methoxy groups -OCH3 is 1. The van der Waals surface area contributed by atoms with Crippen molar-refractivity contribution >= 4 is 5.82 Å². The second-order valence-electron chi connectivity index (χ2n) is 5.75. The number of nitrogens with zero attached hydrogens (tertiary/aromatic N) is 2. The molecule has 4 nitrogen and oxygen atoms in total. The van der Waals surface area contributed by atoms with E-state index in [1.165, 1.54) is 0 Å². The molecule has 0 radical (unpaired) electrons. The molecule has 0 saturated carbocycles. The number of hydrogen-bond donors (Lipinski definition) is 1. The van der Waals surface area contributed by atoms with Crippen molar-refractivity contribution in [1.29, 1.82) is 0 Å². The van der Waals surface area contributed by atoms with Gasteiger partial charge in [-0.25, -0.2) is 9.97 Å². The summed E-state index contributed by atoms with van der Waals surface area (Å²) in [4.78, 5) is 9.12. The number of rotatable bonds is 3. The van der Waals surface area contributed by atoms with Crippen molar-refractivity contribution < 1.29 is 4.74 Å². The summed E-state index contributed by atoms with van der Waals surface area (Å²) >= 11 is 0. The first-order valence-electron chi connectivity index (χ1n) is 7.14. The van der Waals surface area contributed by atoms with Gasteiger partial charge in [0.05, 0.1) is 12.8 Å². The topological polar surface area (TPSA) is 61.0 Å². The van der Waals surface area contributed by atoms with Crippen LogP contribution in [0.2, 0.25) is 0 Å². The highest BCUT2D eigenvalue weighted by Gasteiger charge is 2.18. The highest BCUT2D eigenvalue weighted by atomic mass is 16.5. The third kappa shape index (κ3) is 2.84. The van der Waals surface area contributed by atoms with E-state index in [0.29, 0.717) is 5.82 Å². The van der Waals surface area contributed by atoms with Crippen LogP contribution in [0.4, 0.5) is 5.82 Å². The SMILES string of the molecule is COc1cc(C)cc(C)c1-c1nc(C(C)C)nc(N)c1C. The van der Waals surface area contributed by atoms with Gasteiger partial charge in [-0.1, -0.05) is 19.9 Å². The molecule has 2 aromatic rings. The third-order valence-electron chi connectivity index (χ3n) is 3.62. The van der Waals surface area contributed by atoms with Gasteiger partial charge in [0.2, 0.25) is 0 Å². The summed E-state index contributed by atoms with van der Waals surface area (Å²) in [5, 5.41) is 0. The predicted molar refractivity (Wildman–Crippen MR) is 86.7 cm³/mol. The fourth-order valence-corrected chi connectivity index (χ4v) is 2.45. The molecule has 0 unspecified atom stereocenters. The van der Waals surface area contributed by atoms with Gasteiger partial charge in [0.25, 0.3) is 0 Å². The summed E-state index contributed by atoms with van der Waals surface area (Å²) in [5.74, 6) is 2.34. The van der Waals surface area contributed by atoms with Crippen molar-refractivity contribution in [3.05, 3.63) is 34.6 Å². The molecule has 0 aliphatic heterocycles. The van der Waals surface area contributed by atoms with E-state index >= 15 is 0 Å². The quantitative estimate of drug-likeness (QED) is 0.932. The zero-order valence-electron chi connectivity index (χ0n) is 13.6. The molecular formula is C17H23N3O. The number of benzene rings is 1. The second-order valence-corrected chi connectivity index (χ2v) is 5.75. The van der Waals surface area contributed by atoms with Crippen molar-refractivity contribution in [2.75, 3.05) is 12.8 Å². The fourth-order valence-electron chi connectivity index (χ4n) is 2.45. The highest BCUT2D eigenvalue weighted by Crippen LogP contribution is 2.36. The van der Waals surface area contributed by atoms with E-state index in [4.69, 9.17) is 15.5 Å². The van der Waals surface area contributed by atoms with Gasteiger partial charge in [0.1, 0.15) is 17.4 Å². The monoisotopic (exact) mass is 285 g/mol. The van der Waals surface area contributed by atoms with E-state index in [1.54, 1.807) is 7.11 Å². The van der Waals surface area contributed by atoms with Crippen LogP contribution >= 0.6 is 0 Å². The second kappa shape index (κ2) is 5.72. The van der Waals surface area contributed by atoms with Crippen LogP contribution < -0.4 is 10.5 Å². The largest absolute Gasteiger partial charge is 0.496 e. The van der Waals surface area contributed by atoms with Crippen LogP contribution in [-0.4, -0.2) is 17.1 Å². The standard InChI is InChI=1S/C17H23N3O/c1-9(2)17-19-15(12(5)16(18)20-17)14-11(4)7-10(3)8-13(14)21-6/h7-9H,1-6H3,(H2,18,19,20). The van der Waals surface area contributed by atoms with Gasteiger partial charge in [-0.05, 0) is 38.0 Å². The van der Waals surface area contributed by atoms with E-state index in [-0.39, 0.29) is 5.92 Å². The van der Waals surface area contributed by atoms with Crippen molar-refractivity contribution in [3.63, 3.8) is 0 Å². The summed E-state index contributed by atoms with van der Waals surface area (Å²) in [5.41, 5.74) is 11.1. The summed E-state index contributed by atoms with van der Waals surface area (Å²) in [6.07, 6.45) is 0. The van der Waals surface area contributed by atoms with Crippen LogP contribution in [0.1, 0.15) is 42.3 Å². The lowest BCUT2D eigenvalue weighted by molar-refractivity contribution is 0.415. The van der Waals surface area contributed by atoms with E-state index in [9.17, 15) is 0 Å². The number of ether oxygens (including phenoxy) is 1. The molecule has 0 aliphatic rings. The number of aromatic nitrogens is 2. The molecule has 2 N–H and O–H groups in total. The van der Waals surface area contributed by atoms with Crippen molar-refractivity contribution in [1.82, 2.24) is 9.97 Å². The number of anilines is 1. The van der Waals surface area contributed by atoms with Crippen molar-refractivity contribution in [3.8, 4) is 17.0 Å². The maximum Gasteiger partial charge on any atom is 0.133 e. The average molecular weight is 285 g/mol. The molecular weight excluding hydrogens is 262 g/mol. The Bertz CT molecular complexity index is 678. The van der Waals surface area contributed by atoms with Crippen molar-refractivity contribution in [2.24, 2.45) is 0 Å². The molecule has 1 heterocycles. The lowest BCUT2D eigenvalue weighted by Gasteiger charge is -2.17. The lowest BCUT2D eigenvalue weighted by atomic mass is 9.98. The molecule has 2 rings (SSSR count). The molecule has 0 fully saturated rings. The Balaban J connectivity index is 2.78. The Morgan fingerprint density at radius 3 is 2.33 bits per heavy atom. The van der Waals surface area contributed by atoms with Crippen LogP contribution in [0.25, 0.3) is 11.3 Å². The first-order valence-corrected chi connectivity index (χ1v) is 7.14. The maximum atomic E-state index is 6.08. The lowest BCUT2D eigenvalue weighted by Crippen LogP contribution is -2.07. The van der Waals surface area contributed by atoms with Crippen molar-refractivity contribution in [2.45, 2.75) is 40.5 Å². The molecule has 0 atom stereocenters. The van der Waals surface area contributed by atoms with E-state index in [1.807, 2.05) is 13.0 Å². The first kappa shape index (κ1) is 15.3. The molecule has 1 aromatic carbocycles. The third-order valence-corrected chi connectivity index (χ3v) is 3.62. The molecule has 0 spiro atoms. The van der Waals surface area contributed by atoms with E-state index < -0.39 is 0 Å². The molecule has 0 amide bonds. The highest BCUT2D eigenvalue weighted by molar-refractivity contribution is 5.76. The predicted octanol–water partition coefficient (Wildman–Crippen LogP) is 3.78. The minimum atomic E-state index is 0.225. The number of nitrogen functional groups attached to an aromatic ring is 1. The smallest absolute Gasteiger partial charge is 0.133 e. The van der Waals surface area contributed by atoms with Gasteiger partial charge >= 0.3 is 0 Å². The van der Waals surface area contributed by atoms with Crippen LogP contribution in [0.5, 0.6) is 5.75 Å².